The molecule has 5 heteroatoms. The Hall–Kier alpha value is -0.660. The Morgan fingerprint density at radius 2 is 2.17 bits per heavy atom. The van der Waals surface area contributed by atoms with E-state index in [-0.39, 0.29) is 5.91 Å². The molecule has 0 aromatic heterocycles. The van der Waals surface area contributed by atoms with Crippen molar-refractivity contribution in [2.75, 3.05) is 39.0 Å². The highest BCUT2D eigenvalue weighted by atomic mass is 127. The topological polar surface area (TPSA) is 44.4 Å². The Kier molecular flexibility index (Phi) is 6.59. The maximum atomic E-state index is 11.8. The van der Waals surface area contributed by atoms with Crippen LogP contribution in [0.1, 0.15) is 5.56 Å². The number of nitrogens with one attached hydrogen (secondary N) is 2. The number of aryl methyl sites for hydroxylation is 1. The number of likely N-dealkylation sites (N-methyl/N-ethyl adjacent to an activating group) is 2. The first-order valence-corrected chi connectivity index (χ1v) is 7.00. The molecule has 0 aliphatic carbocycles. The predicted molar refractivity (Wildman–Crippen MR) is 83.9 cm³/mol. The lowest BCUT2D eigenvalue weighted by molar-refractivity contribution is -0.117. The number of amides is 1. The minimum absolute atomic E-state index is 0.0258. The van der Waals surface area contributed by atoms with Crippen LogP contribution in [0.25, 0.3) is 0 Å². The quantitative estimate of drug-likeness (QED) is 0.758. The van der Waals surface area contributed by atoms with Crippen LogP contribution in [0.5, 0.6) is 0 Å². The van der Waals surface area contributed by atoms with Crippen LogP contribution in [-0.4, -0.2) is 44.5 Å². The van der Waals surface area contributed by atoms with Gasteiger partial charge in [0.15, 0.2) is 0 Å². The number of benzene rings is 1. The molecule has 0 saturated carbocycles. The average Bonchev–Trinajstić information content (AvgIpc) is 2.30. The standard InChI is InChI=1S/C13H20IN3O/c1-10-8-11(14)4-5-12(10)16-13(18)9-17(3)7-6-15-2/h4-5,8,15H,6-7,9H2,1-3H3,(H,16,18). The molecule has 0 atom stereocenters. The number of rotatable bonds is 6. The first-order chi connectivity index (χ1) is 8.52. The lowest BCUT2D eigenvalue weighted by Gasteiger charge is -2.16. The molecule has 0 heterocycles. The molecule has 0 aliphatic heterocycles. The van der Waals surface area contributed by atoms with E-state index < -0.39 is 0 Å². The summed E-state index contributed by atoms with van der Waals surface area (Å²) in [6, 6.07) is 6.00. The third-order valence-electron chi connectivity index (χ3n) is 2.62. The molecular weight excluding hydrogens is 341 g/mol. The number of carbonyl (C=O) groups excluding carboxylic acids is 1. The summed E-state index contributed by atoms with van der Waals surface area (Å²) in [6.07, 6.45) is 0. The lowest BCUT2D eigenvalue weighted by Crippen LogP contribution is -2.34. The summed E-state index contributed by atoms with van der Waals surface area (Å²) in [5, 5.41) is 6.00. The van der Waals surface area contributed by atoms with E-state index in [4.69, 9.17) is 0 Å². The van der Waals surface area contributed by atoms with E-state index in [1.54, 1.807) is 0 Å². The summed E-state index contributed by atoms with van der Waals surface area (Å²) >= 11 is 2.26. The van der Waals surface area contributed by atoms with Gasteiger partial charge in [-0.25, -0.2) is 0 Å². The van der Waals surface area contributed by atoms with Crippen molar-refractivity contribution in [3.05, 3.63) is 27.3 Å². The second-order valence-electron chi connectivity index (χ2n) is 4.35. The van der Waals surface area contributed by atoms with E-state index in [1.165, 1.54) is 3.57 Å². The molecule has 1 aromatic rings. The Morgan fingerprint density at radius 1 is 1.44 bits per heavy atom. The van der Waals surface area contributed by atoms with Gasteiger partial charge in [0.2, 0.25) is 5.91 Å². The van der Waals surface area contributed by atoms with Crippen LogP contribution in [0, 0.1) is 10.5 Å². The highest BCUT2D eigenvalue weighted by molar-refractivity contribution is 14.1. The maximum absolute atomic E-state index is 11.8. The summed E-state index contributed by atoms with van der Waals surface area (Å²) in [5.41, 5.74) is 1.98. The number of halogens is 1. The van der Waals surface area contributed by atoms with Crippen molar-refractivity contribution in [2.24, 2.45) is 0 Å². The molecule has 1 amide bonds. The maximum Gasteiger partial charge on any atom is 0.238 e. The van der Waals surface area contributed by atoms with Crippen LogP contribution < -0.4 is 10.6 Å². The van der Waals surface area contributed by atoms with E-state index in [9.17, 15) is 4.79 Å². The minimum atomic E-state index is 0.0258. The summed E-state index contributed by atoms with van der Waals surface area (Å²) < 4.78 is 1.18. The molecule has 0 fully saturated rings. The second kappa shape index (κ2) is 7.70. The van der Waals surface area contributed by atoms with Gasteiger partial charge in [0.1, 0.15) is 0 Å². The molecule has 1 rings (SSSR count). The molecule has 18 heavy (non-hydrogen) atoms. The van der Waals surface area contributed by atoms with Crippen molar-refractivity contribution in [2.45, 2.75) is 6.92 Å². The van der Waals surface area contributed by atoms with Crippen molar-refractivity contribution in [3.8, 4) is 0 Å². The first kappa shape index (κ1) is 15.4. The number of hydrogen-bond donors (Lipinski definition) is 2. The van der Waals surface area contributed by atoms with E-state index in [0.717, 1.165) is 24.3 Å². The van der Waals surface area contributed by atoms with Crippen LogP contribution in [0.3, 0.4) is 0 Å². The number of nitrogens with zero attached hydrogens (tertiary/aromatic N) is 1. The summed E-state index contributed by atoms with van der Waals surface area (Å²) in [4.78, 5) is 13.8. The Labute approximate surface area is 122 Å². The Balaban J connectivity index is 2.49. The van der Waals surface area contributed by atoms with E-state index in [1.807, 2.05) is 38.1 Å². The molecule has 0 radical (unpaired) electrons. The fraction of sp³-hybridized carbons (Fsp3) is 0.462. The van der Waals surface area contributed by atoms with E-state index >= 15 is 0 Å². The zero-order valence-corrected chi connectivity index (χ0v) is 13.2. The Morgan fingerprint density at radius 3 is 2.78 bits per heavy atom. The van der Waals surface area contributed by atoms with Gasteiger partial charge in [-0.05, 0) is 67.4 Å². The normalized spacial score (nSPS) is 10.7. The van der Waals surface area contributed by atoms with Crippen LogP contribution in [0.4, 0.5) is 5.69 Å². The number of anilines is 1. The molecule has 100 valence electrons. The van der Waals surface area contributed by atoms with Gasteiger partial charge in [-0.15, -0.1) is 0 Å². The molecular formula is C13H20IN3O. The third kappa shape index (κ3) is 5.32. The summed E-state index contributed by atoms with van der Waals surface area (Å²) in [5.74, 6) is 0.0258. The minimum Gasteiger partial charge on any atom is -0.325 e. The lowest BCUT2D eigenvalue weighted by atomic mass is 10.2. The average molecular weight is 361 g/mol. The van der Waals surface area contributed by atoms with Crippen molar-refractivity contribution in [1.82, 2.24) is 10.2 Å². The molecule has 4 nitrogen and oxygen atoms in total. The van der Waals surface area contributed by atoms with Crippen molar-refractivity contribution < 1.29 is 4.79 Å². The first-order valence-electron chi connectivity index (χ1n) is 5.92. The zero-order valence-electron chi connectivity index (χ0n) is 11.1. The van der Waals surface area contributed by atoms with Crippen LogP contribution in [0.2, 0.25) is 0 Å². The van der Waals surface area contributed by atoms with Gasteiger partial charge in [0.05, 0.1) is 6.54 Å². The van der Waals surface area contributed by atoms with Crippen LogP contribution >= 0.6 is 22.6 Å². The van der Waals surface area contributed by atoms with Gasteiger partial charge in [0, 0.05) is 22.3 Å². The van der Waals surface area contributed by atoms with Gasteiger partial charge in [-0.1, -0.05) is 0 Å². The molecule has 0 spiro atoms. The van der Waals surface area contributed by atoms with Gasteiger partial charge in [-0.3, -0.25) is 9.69 Å². The largest absolute Gasteiger partial charge is 0.325 e. The smallest absolute Gasteiger partial charge is 0.238 e. The Bertz CT molecular complexity index is 409. The van der Waals surface area contributed by atoms with Crippen molar-refractivity contribution >= 4 is 34.2 Å². The fourth-order valence-corrected chi connectivity index (χ4v) is 2.23. The molecule has 1 aromatic carbocycles. The molecule has 0 aliphatic rings. The highest BCUT2D eigenvalue weighted by Gasteiger charge is 2.07. The van der Waals surface area contributed by atoms with Crippen molar-refractivity contribution in [1.29, 1.82) is 0 Å². The van der Waals surface area contributed by atoms with Gasteiger partial charge < -0.3 is 10.6 Å². The predicted octanol–water partition coefficient (Wildman–Crippen LogP) is 1.69. The second-order valence-corrected chi connectivity index (χ2v) is 5.59. The van der Waals surface area contributed by atoms with Crippen LogP contribution in [-0.2, 0) is 4.79 Å². The van der Waals surface area contributed by atoms with Gasteiger partial charge in [-0.2, -0.15) is 0 Å². The molecule has 0 unspecified atom stereocenters. The summed E-state index contributed by atoms with van der Waals surface area (Å²) in [6.45, 7) is 4.15. The monoisotopic (exact) mass is 361 g/mol. The van der Waals surface area contributed by atoms with Crippen molar-refractivity contribution in [3.63, 3.8) is 0 Å². The van der Waals surface area contributed by atoms with Gasteiger partial charge in [0.25, 0.3) is 0 Å². The van der Waals surface area contributed by atoms with E-state index in [2.05, 4.69) is 39.3 Å². The third-order valence-corrected chi connectivity index (χ3v) is 3.29. The highest BCUT2D eigenvalue weighted by Crippen LogP contribution is 2.17. The number of carbonyl (C=O) groups is 1. The fourth-order valence-electron chi connectivity index (χ4n) is 1.58. The van der Waals surface area contributed by atoms with Gasteiger partial charge >= 0.3 is 0 Å². The SMILES string of the molecule is CNCCN(C)CC(=O)Nc1ccc(I)cc1C. The van der Waals surface area contributed by atoms with Crippen LogP contribution in [0.15, 0.2) is 18.2 Å². The zero-order chi connectivity index (χ0) is 13.5. The number of hydrogen-bond acceptors (Lipinski definition) is 3. The molecule has 0 bridgehead atoms. The summed E-state index contributed by atoms with van der Waals surface area (Å²) in [7, 11) is 3.85. The van der Waals surface area contributed by atoms with E-state index in [0.29, 0.717) is 6.54 Å². The molecule has 0 saturated heterocycles. The molecule has 2 N–H and O–H groups in total.